The Morgan fingerprint density at radius 2 is 0.958 bits per heavy atom. The Morgan fingerprint density at radius 3 is 1.29 bits per heavy atom. The van der Waals surface area contributed by atoms with E-state index in [1.54, 1.807) is 60.7 Å². The van der Waals surface area contributed by atoms with E-state index in [-0.39, 0.29) is 11.8 Å². The molecule has 1 heterocycles. The van der Waals surface area contributed by atoms with Gasteiger partial charge in [0.05, 0.1) is 11.1 Å². The van der Waals surface area contributed by atoms with E-state index in [2.05, 4.69) is 10.2 Å². The van der Waals surface area contributed by atoms with Crippen molar-refractivity contribution in [2.24, 2.45) is 0 Å². The van der Waals surface area contributed by atoms with Gasteiger partial charge in [0.1, 0.15) is 0 Å². The number of benzene rings is 2. The molecule has 2 aromatic carbocycles. The Labute approximate surface area is 137 Å². The Morgan fingerprint density at radius 1 is 0.583 bits per heavy atom. The average molecular weight is 320 g/mol. The van der Waals surface area contributed by atoms with E-state index >= 15 is 0 Å². The number of carbonyl (C=O) groups excluding carboxylic acids is 2. The lowest BCUT2D eigenvalue weighted by molar-refractivity contribution is 0.0704. The lowest BCUT2D eigenvalue weighted by atomic mass is 10.2. The van der Waals surface area contributed by atoms with Gasteiger partial charge >= 0.3 is 11.9 Å². The summed E-state index contributed by atoms with van der Waals surface area (Å²) in [6, 6.07) is 19.8. The molecule has 6 nitrogen and oxygen atoms in total. The van der Waals surface area contributed by atoms with Gasteiger partial charge in [0.2, 0.25) is 11.8 Å². The SMILES string of the molecule is O=C(Oc1ccc(OC(=O)c2ccccc2)nn1)c1ccccc1. The van der Waals surface area contributed by atoms with Crippen LogP contribution >= 0.6 is 0 Å². The third-order valence-corrected chi connectivity index (χ3v) is 3.03. The van der Waals surface area contributed by atoms with Crippen molar-refractivity contribution in [2.75, 3.05) is 0 Å². The number of hydrogen-bond donors (Lipinski definition) is 0. The van der Waals surface area contributed by atoms with Crippen molar-refractivity contribution < 1.29 is 19.1 Å². The molecule has 0 saturated heterocycles. The predicted octanol–water partition coefficient (Wildman–Crippen LogP) is 2.92. The fourth-order valence-corrected chi connectivity index (χ4v) is 1.87. The highest BCUT2D eigenvalue weighted by Gasteiger charge is 2.12. The molecule has 0 N–H and O–H groups in total. The Hall–Kier alpha value is -3.54. The average Bonchev–Trinajstić information content (AvgIpc) is 2.65. The van der Waals surface area contributed by atoms with Crippen LogP contribution in [0, 0.1) is 0 Å². The largest absolute Gasteiger partial charge is 0.402 e. The highest BCUT2D eigenvalue weighted by molar-refractivity contribution is 5.91. The third-order valence-electron chi connectivity index (χ3n) is 3.03. The van der Waals surface area contributed by atoms with E-state index in [1.165, 1.54) is 12.1 Å². The highest BCUT2D eigenvalue weighted by atomic mass is 16.6. The third kappa shape index (κ3) is 3.80. The summed E-state index contributed by atoms with van der Waals surface area (Å²) >= 11 is 0. The normalized spacial score (nSPS) is 10.0. The van der Waals surface area contributed by atoms with Gasteiger partial charge in [-0.2, -0.15) is 0 Å². The molecule has 0 fully saturated rings. The molecule has 3 rings (SSSR count). The second-order valence-corrected chi connectivity index (χ2v) is 4.72. The molecule has 1 aromatic heterocycles. The molecule has 3 aromatic rings. The number of aromatic nitrogens is 2. The number of esters is 2. The zero-order valence-electron chi connectivity index (χ0n) is 12.5. The fraction of sp³-hybridized carbons (Fsp3) is 0. The molecule has 0 bridgehead atoms. The first kappa shape index (κ1) is 15.4. The summed E-state index contributed by atoms with van der Waals surface area (Å²) in [4.78, 5) is 23.8. The predicted molar refractivity (Wildman–Crippen MR) is 84.8 cm³/mol. The van der Waals surface area contributed by atoms with Crippen LogP contribution in [0.25, 0.3) is 0 Å². The molecular formula is C18H12N2O4. The van der Waals surface area contributed by atoms with E-state index in [1.807, 2.05) is 0 Å². The molecule has 0 spiro atoms. The summed E-state index contributed by atoms with van der Waals surface area (Å²) in [5.41, 5.74) is 0.803. The van der Waals surface area contributed by atoms with Crippen molar-refractivity contribution in [3.8, 4) is 11.8 Å². The van der Waals surface area contributed by atoms with Crippen LogP contribution in [0.2, 0.25) is 0 Å². The number of rotatable bonds is 4. The Balaban J connectivity index is 1.63. The number of carbonyl (C=O) groups is 2. The molecule has 0 aliphatic heterocycles. The van der Waals surface area contributed by atoms with Gasteiger partial charge in [-0.25, -0.2) is 9.59 Å². The molecule has 0 saturated carbocycles. The Kier molecular flexibility index (Phi) is 4.57. The number of hydrogen-bond acceptors (Lipinski definition) is 6. The summed E-state index contributed by atoms with van der Waals surface area (Å²) in [6.07, 6.45) is 0. The monoisotopic (exact) mass is 320 g/mol. The molecule has 24 heavy (non-hydrogen) atoms. The minimum absolute atomic E-state index is 0.0170. The van der Waals surface area contributed by atoms with Crippen LogP contribution in [-0.4, -0.2) is 22.1 Å². The molecule has 6 heteroatoms. The van der Waals surface area contributed by atoms with Crippen molar-refractivity contribution in [3.05, 3.63) is 83.9 Å². The molecule has 0 atom stereocenters. The van der Waals surface area contributed by atoms with Gasteiger partial charge in [-0.15, -0.1) is 10.2 Å². The maximum Gasteiger partial charge on any atom is 0.344 e. The lowest BCUT2D eigenvalue weighted by Gasteiger charge is -2.04. The van der Waals surface area contributed by atoms with Gasteiger partial charge in [-0.1, -0.05) is 36.4 Å². The maximum atomic E-state index is 11.9. The minimum Gasteiger partial charge on any atom is -0.402 e. The van der Waals surface area contributed by atoms with E-state index in [0.29, 0.717) is 11.1 Å². The summed E-state index contributed by atoms with van der Waals surface area (Å²) < 4.78 is 10.2. The highest BCUT2D eigenvalue weighted by Crippen LogP contribution is 2.13. The van der Waals surface area contributed by atoms with Crippen molar-refractivity contribution >= 4 is 11.9 Å². The zero-order chi connectivity index (χ0) is 16.8. The van der Waals surface area contributed by atoms with Crippen LogP contribution < -0.4 is 9.47 Å². The summed E-state index contributed by atoms with van der Waals surface area (Å²) in [5, 5.41) is 7.44. The van der Waals surface area contributed by atoms with Crippen LogP contribution in [0.5, 0.6) is 11.8 Å². The van der Waals surface area contributed by atoms with Gasteiger partial charge in [0.15, 0.2) is 0 Å². The van der Waals surface area contributed by atoms with Gasteiger partial charge in [-0.3, -0.25) is 0 Å². The van der Waals surface area contributed by atoms with Gasteiger partial charge in [-0.05, 0) is 24.3 Å². The molecule has 118 valence electrons. The van der Waals surface area contributed by atoms with Crippen LogP contribution in [-0.2, 0) is 0 Å². The molecule has 0 aliphatic carbocycles. The summed E-state index contributed by atoms with van der Waals surface area (Å²) in [5.74, 6) is -1.05. The standard InChI is InChI=1S/C18H12N2O4/c21-17(13-7-3-1-4-8-13)23-15-11-12-16(20-19-15)24-18(22)14-9-5-2-6-10-14/h1-12H. The molecular weight excluding hydrogens is 308 g/mol. The minimum atomic E-state index is -0.543. The molecule has 0 aliphatic rings. The number of nitrogens with zero attached hydrogens (tertiary/aromatic N) is 2. The van der Waals surface area contributed by atoms with E-state index < -0.39 is 11.9 Å². The molecule has 0 radical (unpaired) electrons. The maximum absolute atomic E-state index is 11.9. The van der Waals surface area contributed by atoms with Crippen molar-refractivity contribution in [3.63, 3.8) is 0 Å². The molecule has 0 amide bonds. The van der Waals surface area contributed by atoms with Gasteiger partial charge in [0.25, 0.3) is 0 Å². The van der Waals surface area contributed by atoms with Crippen LogP contribution in [0.3, 0.4) is 0 Å². The fourth-order valence-electron chi connectivity index (χ4n) is 1.87. The zero-order valence-corrected chi connectivity index (χ0v) is 12.5. The smallest absolute Gasteiger partial charge is 0.344 e. The van der Waals surface area contributed by atoms with E-state index in [4.69, 9.17) is 9.47 Å². The quantitative estimate of drug-likeness (QED) is 0.688. The van der Waals surface area contributed by atoms with Gasteiger partial charge < -0.3 is 9.47 Å². The van der Waals surface area contributed by atoms with E-state index in [0.717, 1.165) is 0 Å². The molecule has 0 unspecified atom stereocenters. The van der Waals surface area contributed by atoms with Crippen LogP contribution in [0.15, 0.2) is 72.8 Å². The van der Waals surface area contributed by atoms with Crippen molar-refractivity contribution in [1.29, 1.82) is 0 Å². The first-order valence-electron chi connectivity index (χ1n) is 7.10. The first-order valence-corrected chi connectivity index (χ1v) is 7.10. The van der Waals surface area contributed by atoms with Crippen LogP contribution in [0.4, 0.5) is 0 Å². The van der Waals surface area contributed by atoms with E-state index in [9.17, 15) is 9.59 Å². The Bertz CT molecular complexity index is 761. The van der Waals surface area contributed by atoms with Crippen LogP contribution in [0.1, 0.15) is 20.7 Å². The number of ether oxygens (including phenoxy) is 2. The summed E-state index contributed by atoms with van der Waals surface area (Å²) in [7, 11) is 0. The first-order chi connectivity index (χ1) is 11.7. The summed E-state index contributed by atoms with van der Waals surface area (Å²) in [6.45, 7) is 0. The van der Waals surface area contributed by atoms with Crippen molar-refractivity contribution in [1.82, 2.24) is 10.2 Å². The second-order valence-electron chi connectivity index (χ2n) is 4.72. The van der Waals surface area contributed by atoms with Crippen molar-refractivity contribution in [2.45, 2.75) is 0 Å². The second kappa shape index (κ2) is 7.15. The topological polar surface area (TPSA) is 78.4 Å². The van der Waals surface area contributed by atoms with Gasteiger partial charge in [0, 0.05) is 12.1 Å². The lowest BCUT2D eigenvalue weighted by Crippen LogP contribution is -2.11.